The van der Waals surface area contributed by atoms with E-state index in [1.807, 2.05) is 29.2 Å². The predicted molar refractivity (Wildman–Crippen MR) is 135 cm³/mol. The normalized spacial score (nSPS) is 26.5. The molecule has 6 rings (SSSR count). The Morgan fingerprint density at radius 3 is 2.60 bits per heavy atom. The minimum absolute atomic E-state index is 0.0542. The second-order valence-electron chi connectivity index (χ2n) is 9.68. The lowest BCUT2D eigenvalue weighted by atomic mass is 9.88. The largest absolute Gasteiger partial charge is 0.378 e. The van der Waals surface area contributed by atoms with Crippen LogP contribution >= 0.6 is 11.6 Å². The van der Waals surface area contributed by atoms with Gasteiger partial charge in [-0.2, -0.15) is 0 Å². The predicted octanol–water partition coefficient (Wildman–Crippen LogP) is 2.55. The Morgan fingerprint density at radius 1 is 1.11 bits per heavy atom. The van der Waals surface area contributed by atoms with Crippen LogP contribution in [0, 0.1) is 17.8 Å². The van der Waals surface area contributed by atoms with Gasteiger partial charge in [-0.15, -0.1) is 0 Å². The fourth-order valence-electron chi connectivity index (χ4n) is 5.83. The zero-order valence-electron chi connectivity index (χ0n) is 19.2. The van der Waals surface area contributed by atoms with Crippen molar-refractivity contribution in [1.82, 2.24) is 15.2 Å². The SMILES string of the molecule is NC(=O)[C@@H]1[C@H](Nc2c(Cl)cnc3c2N=C(c2ccc(C(=O)N4CCNCC4)cc2)C3)[C@H]2C=C[C@@H]1C2. The molecule has 1 saturated heterocycles. The van der Waals surface area contributed by atoms with Gasteiger partial charge in [0.05, 0.1) is 28.0 Å². The van der Waals surface area contributed by atoms with E-state index in [2.05, 4.69) is 27.8 Å². The number of hydrogen-bond acceptors (Lipinski definition) is 6. The number of anilines is 1. The summed E-state index contributed by atoms with van der Waals surface area (Å²) in [5.74, 6) is -0.0944. The summed E-state index contributed by atoms with van der Waals surface area (Å²) in [4.78, 5) is 36.2. The molecule has 0 unspecified atom stereocenters. The molecule has 1 saturated carbocycles. The van der Waals surface area contributed by atoms with Crippen molar-refractivity contribution >= 4 is 40.5 Å². The molecule has 2 aliphatic heterocycles. The van der Waals surface area contributed by atoms with Crippen LogP contribution in [0.3, 0.4) is 0 Å². The molecule has 0 radical (unpaired) electrons. The maximum atomic E-state index is 12.8. The number of fused-ring (bicyclic) bond motifs is 3. The molecule has 35 heavy (non-hydrogen) atoms. The van der Waals surface area contributed by atoms with E-state index in [0.717, 1.165) is 49.6 Å². The Morgan fingerprint density at radius 2 is 1.86 bits per heavy atom. The highest BCUT2D eigenvalue weighted by Gasteiger charge is 2.48. The molecule has 3 heterocycles. The number of halogens is 1. The van der Waals surface area contributed by atoms with Gasteiger partial charge in [-0.3, -0.25) is 14.6 Å². The number of piperazine rings is 1. The second-order valence-corrected chi connectivity index (χ2v) is 10.1. The van der Waals surface area contributed by atoms with Crippen LogP contribution in [0.5, 0.6) is 0 Å². The summed E-state index contributed by atoms with van der Waals surface area (Å²) in [6.45, 7) is 3.09. The topological polar surface area (TPSA) is 113 Å². The van der Waals surface area contributed by atoms with Crippen LogP contribution in [0.15, 0.2) is 47.6 Å². The Hall–Kier alpha value is -3.23. The van der Waals surface area contributed by atoms with E-state index in [1.54, 1.807) is 6.20 Å². The summed E-state index contributed by atoms with van der Waals surface area (Å²) >= 11 is 6.56. The summed E-state index contributed by atoms with van der Waals surface area (Å²) in [6, 6.07) is 7.51. The van der Waals surface area contributed by atoms with Gasteiger partial charge in [-0.05, 0) is 36.0 Å². The van der Waals surface area contributed by atoms with Gasteiger partial charge in [-0.1, -0.05) is 35.9 Å². The van der Waals surface area contributed by atoms with E-state index in [9.17, 15) is 9.59 Å². The average molecular weight is 491 g/mol. The van der Waals surface area contributed by atoms with Crippen LogP contribution in [0.4, 0.5) is 11.4 Å². The lowest BCUT2D eigenvalue weighted by molar-refractivity contribution is -0.122. The number of aliphatic imine (C=N–C) groups is 1. The minimum Gasteiger partial charge on any atom is -0.378 e. The molecule has 1 aromatic heterocycles. The van der Waals surface area contributed by atoms with Crippen LogP contribution in [0.1, 0.15) is 28.0 Å². The van der Waals surface area contributed by atoms with Crippen molar-refractivity contribution in [3.8, 4) is 0 Å². The molecule has 4 aliphatic rings. The molecule has 9 heteroatoms. The van der Waals surface area contributed by atoms with Crippen molar-refractivity contribution in [3.63, 3.8) is 0 Å². The van der Waals surface area contributed by atoms with Gasteiger partial charge in [0, 0.05) is 50.4 Å². The minimum atomic E-state index is -0.291. The van der Waals surface area contributed by atoms with Gasteiger partial charge in [0.15, 0.2) is 0 Å². The standard InChI is InChI=1S/C26H27ClN6O2/c27-18-13-30-20-12-19(14-1-3-15(4-2-14)26(35)33-9-7-29-8-10-33)31-24(20)23(18)32-22-17-6-5-16(11-17)21(22)25(28)34/h1-6,13,16-17,21-22,29H,7-12H2,(H2,28,34)(H,30,32)/t16-,17+,21+,22-/m1/s1. The number of nitrogens with zero attached hydrogens (tertiary/aromatic N) is 3. The van der Waals surface area contributed by atoms with E-state index in [0.29, 0.717) is 28.4 Å². The zero-order valence-corrected chi connectivity index (χ0v) is 20.0. The van der Waals surface area contributed by atoms with Crippen LogP contribution in [0.25, 0.3) is 0 Å². The molecular formula is C26H27ClN6O2. The summed E-state index contributed by atoms with van der Waals surface area (Å²) in [6.07, 6.45) is 7.39. The number of rotatable bonds is 5. The lowest BCUT2D eigenvalue weighted by Gasteiger charge is -2.28. The van der Waals surface area contributed by atoms with E-state index in [4.69, 9.17) is 22.3 Å². The van der Waals surface area contributed by atoms with Crippen LogP contribution in [-0.4, -0.2) is 59.6 Å². The number of hydrogen-bond donors (Lipinski definition) is 3. The molecule has 4 N–H and O–H groups in total. The third-order valence-corrected chi connectivity index (χ3v) is 7.92. The van der Waals surface area contributed by atoms with Crippen LogP contribution < -0.4 is 16.4 Å². The average Bonchev–Trinajstić information content (AvgIpc) is 3.61. The number of aromatic nitrogens is 1. The first-order valence-corrected chi connectivity index (χ1v) is 12.5. The molecule has 2 fully saturated rings. The van der Waals surface area contributed by atoms with Gasteiger partial charge < -0.3 is 21.3 Å². The quantitative estimate of drug-likeness (QED) is 0.557. The summed E-state index contributed by atoms with van der Waals surface area (Å²) < 4.78 is 0. The summed E-state index contributed by atoms with van der Waals surface area (Å²) in [5, 5.41) is 7.26. The second kappa shape index (κ2) is 8.77. The van der Waals surface area contributed by atoms with Crippen molar-refractivity contribution in [1.29, 1.82) is 0 Å². The molecule has 2 aliphatic carbocycles. The van der Waals surface area contributed by atoms with Crippen molar-refractivity contribution < 1.29 is 9.59 Å². The Labute approximate surface area is 208 Å². The number of pyridine rings is 1. The number of allylic oxidation sites excluding steroid dienone is 1. The first-order valence-electron chi connectivity index (χ1n) is 12.1. The number of amides is 2. The molecule has 0 spiro atoms. The molecule has 4 atom stereocenters. The number of primary amides is 1. The highest BCUT2D eigenvalue weighted by atomic mass is 35.5. The Kier molecular flexibility index (Phi) is 5.57. The van der Waals surface area contributed by atoms with Gasteiger partial charge in [0.2, 0.25) is 5.91 Å². The van der Waals surface area contributed by atoms with E-state index in [-0.39, 0.29) is 35.6 Å². The number of nitrogens with one attached hydrogen (secondary N) is 2. The number of carbonyl (C=O) groups is 2. The van der Waals surface area contributed by atoms with E-state index in [1.165, 1.54) is 0 Å². The molecule has 180 valence electrons. The Balaban J connectivity index is 1.25. The molecule has 2 amide bonds. The van der Waals surface area contributed by atoms with Crippen molar-refractivity contribution in [3.05, 3.63) is 64.5 Å². The number of carbonyl (C=O) groups excluding carboxylic acids is 2. The molecule has 2 aromatic rings. The summed E-state index contributed by atoms with van der Waals surface area (Å²) in [5.41, 5.74) is 10.5. The first kappa shape index (κ1) is 22.2. The van der Waals surface area contributed by atoms with Crippen LogP contribution in [-0.2, 0) is 11.2 Å². The Bertz CT molecular complexity index is 1250. The fraction of sp³-hybridized carbons (Fsp3) is 0.385. The van der Waals surface area contributed by atoms with Crippen LogP contribution in [0.2, 0.25) is 5.02 Å². The van der Waals surface area contributed by atoms with E-state index < -0.39 is 0 Å². The molecule has 8 nitrogen and oxygen atoms in total. The third kappa shape index (κ3) is 3.90. The van der Waals surface area contributed by atoms with Gasteiger partial charge in [-0.25, -0.2) is 4.99 Å². The number of benzene rings is 1. The lowest BCUT2D eigenvalue weighted by Crippen LogP contribution is -2.46. The zero-order chi connectivity index (χ0) is 24.1. The molecule has 2 bridgehead atoms. The maximum Gasteiger partial charge on any atom is 0.253 e. The summed E-state index contributed by atoms with van der Waals surface area (Å²) in [7, 11) is 0. The maximum absolute atomic E-state index is 12.8. The third-order valence-electron chi connectivity index (χ3n) is 7.63. The van der Waals surface area contributed by atoms with Gasteiger partial charge in [0.1, 0.15) is 5.69 Å². The first-order chi connectivity index (χ1) is 17.0. The molecular weight excluding hydrogens is 464 g/mol. The van der Waals surface area contributed by atoms with Gasteiger partial charge in [0.25, 0.3) is 5.91 Å². The van der Waals surface area contributed by atoms with Crippen molar-refractivity contribution in [2.24, 2.45) is 28.5 Å². The van der Waals surface area contributed by atoms with Gasteiger partial charge >= 0.3 is 0 Å². The smallest absolute Gasteiger partial charge is 0.253 e. The van der Waals surface area contributed by atoms with Crippen molar-refractivity contribution in [2.75, 3.05) is 31.5 Å². The monoisotopic (exact) mass is 490 g/mol. The fourth-order valence-corrected chi connectivity index (χ4v) is 6.03. The highest BCUT2D eigenvalue weighted by molar-refractivity contribution is 6.34. The van der Waals surface area contributed by atoms with Crippen molar-refractivity contribution in [2.45, 2.75) is 18.9 Å². The number of nitrogens with two attached hydrogens (primary N) is 1. The van der Waals surface area contributed by atoms with E-state index >= 15 is 0 Å². The molecule has 1 aromatic carbocycles. The highest BCUT2D eigenvalue weighted by Crippen LogP contribution is 2.47.